The second-order valence-electron chi connectivity index (χ2n) is 7.70. The Balaban J connectivity index is 2.18. The number of carbonyl (C=O) groups excluding carboxylic acids is 2. The van der Waals surface area contributed by atoms with E-state index in [1.54, 1.807) is 30.3 Å². The van der Waals surface area contributed by atoms with Crippen molar-refractivity contribution in [3.8, 4) is 0 Å². The standard InChI is InChI=1S/C24H27N3O5/c1-4-25(5-2)14-15-26-21(18-8-6-7-9-19(18)27(31)32)20(23(29)24(26)30)22(28)17-12-10-16(3)11-13-17/h6-13,21,28H,4-5,14-15H2,1-3H3/b22-20-. The van der Waals surface area contributed by atoms with E-state index in [4.69, 9.17) is 0 Å². The van der Waals surface area contributed by atoms with E-state index in [1.807, 2.05) is 20.8 Å². The Morgan fingerprint density at radius 1 is 1.09 bits per heavy atom. The largest absolute Gasteiger partial charge is 0.507 e. The normalized spacial score (nSPS) is 17.9. The second kappa shape index (κ2) is 9.74. The van der Waals surface area contributed by atoms with Gasteiger partial charge in [-0.2, -0.15) is 0 Å². The van der Waals surface area contributed by atoms with E-state index in [-0.39, 0.29) is 29.1 Å². The third-order valence-corrected chi connectivity index (χ3v) is 5.84. The topological polar surface area (TPSA) is 104 Å². The maximum atomic E-state index is 13.1. The van der Waals surface area contributed by atoms with Crippen LogP contribution in [0.2, 0.25) is 0 Å². The molecule has 0 aromatic heterocycles. The molecule has 1 N–H and O–H groups in total. The van der Waals surface area contributed by atoms with Gasteiger partial charge in [-0.3, -0.25) is 19.7 Å². The molecule has 0 radical (unpaired) electrons. The first-order valence-corrected chi connectivity index (χ1v) is 10.6. The molecule has 8 nitrogen and oxygen atoms in total. The van der Waals surface area contributed by atoms with Crippen molar-refractivity contribution in [2.24, 2.45) is 0 Å². The highest BCUT2D eigenvalue weighted by Gasteiger charge is 2.47. The highest BCUT2D eigenvalue weighted by molar-refractivity contribution is 6.46. The van der Waals surface area contributed by atoms with Crippen LogP contribution in [0.3, 0.4) is 0 Å². The van der Waals surface area contributed by atoms with Crippen LogP contribution in [0, 0.1) is 17.0 Å². The molecule has 1 atom stereocenters. The Hall–Kier alpha value is -3.52. The number of ketones is 1. The average molecular weight is 437 g/mol. The smallest absolute Gasteiger partial charge is 0.295 e. The van der Waals surface area contributed by atoms with Gasteiger partial charge in [-0.1, -0.05) is 55.8 Å². The molecule has 8 heteroatoms. The van der Waals surface area contributed by atoms with E-state index in [0.717, 1.165) is 18.7 Å². The zero-order valence-corrected chi connectivity index (χ0v) is 18.4. The Kier molecular flexibility index (Phi) is 7.05. The van der Waals surface area contributed by atoms with Crippen LogP contribution in [-0.2, 0) is 9.59 Å². The highest BCUT2D eigenvalue weighted by atomic mass is 16.6. The molecule has 1 unspecified atom stereocenters. The van der Waals surface area contributed by atoms with Crippen molar-refractivity contribution >= 4 is 23.1 Å². The number of likely N-dealkylation sites (tertiary alicyclic amines) is 1. The van der Waals surface area contributed by atoms with E-state index in [0.29, 0.717) is 12.1 Å². The van der Waals surface area contributed by atoms with Crippen LogP contribution in [0.4, 0.5) is 5.69 Å². The number of Topliss-reactive ketones (excluding diaryl/α,β-unsaturated/α-hetero) is 1. The minimum atomic E-state index is -1.05. The van der Waals surface area contributed by atoms with Crippen molar-refractivity contribution in [2.45, 2.75) is 26.8 Å². The Morgan fingerprint density at radius 3 is 2.31 bits per heavy atom. The third kappa shape index (κ3) is 4.40. The maximum absolute atomic E-state index is 13.1. The lowest BCUT2D eigenvalue weighted by atomic mass is 9.94. The molecule has 0 bridgehead atoms. The summed E-state index contributed by atoms with van der Waals surface area (Å²) in [5, 5.41) is 22.8. The fourth-order valence-electron chi connectivity index (χ4n) is 3.97. The van der Waals surface area contributed by atoms with Crippen LogP contribution in [-0.4, -0.2) is 57.7 Å². The summed E-state index contributed by atoms with van der Waals surface area (Å²) in [5.74, 6) is -1.95. The minimum Gasteiger partial charge on any atom is -0.507 e. The summed E-state index contributed by atoms with van der Waals surface area (Å²) in [4.78, 5) is 40.7. The molecular formula is C24H27N3O5. The molecule has 1 aliphatic rings. The molecule has 168 valence electrons. The van der Waals surface area contributed by atoms with Gasteiger partial charge in [0.2, 0.25) is 0 Å². The summed E-state index contributed by atoms with van der Waals surface area (Å²) in [6, 6.07) is 11.9. The summed E-state index contributed by atoms with van der Waals surface area (Å²) in [6.07, 6.45) is 0. The molecule has 1 fully saturated rings. The number of carbonyl (C=O) groups is 2. The molecule has 1 amide bonds. The monoisotopic (exact) mass is 437 g/mol. The lowest BCUT2D eigenvalue weighted by molar-refractivity contribution is -0.385. The number of benzene rings is 2. The van der Waals surface area contributed by atoms with Crippen LogP contribution in [0.25, 0.3) is 5.76 Å². The number of amides is 1. The van der Waals surface area contributed by atoms with E-state index in [9.17, 15) is 24.8 Å². The van der Waals surface area contributed by atoms with Crippen LogP contribution < -0.4 is 0 Å². The van der Waals surface area contributed by atoms with Gasteiger partial charge in [-0.15, -0.1) is 0 Å². The fourth-order valence-corrected chi connectivity index (χ4v) is 3.97. The third-order valence-electron chi connectivity index (χ3n) is 5.84. The first-order chi connectivity index (χ1) is 15.3. The second-order valence-corrected chi connectivity index (χ2v) is 7.70. The van der Waals surface area contributed by atoms with Crippen molar-refractivity contribution in [2.75, 3.05) is 26.2 Å². The molecule has 3 rings (SSSR count). The van der Waals surface area contributed by atoms with Crippen molar-refractivity contribution in [3.05, 3.63) is 80.9 Å². The number of hydrogen-bond acceptors (Lipinski definition) is 6. The number of aliphatic hydroxyl groups excluding tert-OH is 1. The van der Waals surface area contributed by atoms with E-state index in [1.165, 1.54) is 23.1 Å². The molecule has 0 saturated carbocycles. The fraction of sp³-hybridized carbons (Fsp3) is 0.333. The SMILES string of the molecule is CCN(CC)CCN1C(=O)C(=O)/C(=C(\O)c2ccc(C)cc2)C1c1ccccc1[N+](=O)[O-]. The first-order valence-electron chi connectivity index (χ1n) is 10.6. The van der Waals surface area contributed by atoms with Gasteiger partial charge in [-0.05, 0) is 26.1 Å². The Morgan fingerprint density at radius 2 is 1.72 bits per heavy atom. The summed E-state index contributed by atoms with van der Waals surface area (Å²) < 4.78 is 0. The lowest BCUT2D eigenvalue weighted by Crippen LogP contribution is -2.38. The van der Waals surface area contributed by atoms with Gasteiger partial charge in [0, 0.05) is 24.7 Å². The van der Waals surface area contributed by atoms with Crippen molar-refractivity contribution in [3.63, 3.8) is 0 Å². The number of aliphatic hydroxyl groups is 1. The Bertz CT molecular complexity index is 1060. The first kappa shape index (κ1) is 23.1. The van der Waals surface area contributed by atoms with Gasteiger partial charge in [0.1, 0.15) is 5.76 Å². The van der Waals surface area contributed by atoms with Crippen molar-refractivity contribution in [1.82, 2.24) is 9.80 Å². The van der Waals surface area contributed by atoms with Crippen LogP contribution >= 0.6 is 0 Å². The van der Waals surface area contributed by atoms with Gasteiger partial charge in [-0.25, -0.2) is 0 Å². The average Bonchev–Trinajstić information content (AvgIpc) is 3.04. The van der Waals surface area contributed by atoms with Crippen molar-refractivity contribution in [1.29, 1.82) is 0 Å². The van der Waals surface area contributed by atoms with E-state index < -0.39 is 22.7 Å². The number of aryl methyl sites for hydroxylation is 1. The summed E-state index contributed by atoms with van der Waals surface area (Å²) in [5.41, 5.74) is 1.21. The number of para-hydroxylation sites is 1. The van der Waals surface area contributed by atoms with Crippen LogP contribution in [0.1, 0.15) is 36.6 Å². The summed E-state index contributed by atoms with van der Waals surface area (Å²) >= 11 is 0. The number of nitro groups is 1. The summed E-state index contributed by atoms with van der Waals surface area (Å²) in [7, 11) is 0. The predicted molar refractivity (Wildman–Crippen MR) is 121 cm³/mol. The van der Waals surface area contributed by atoms with Gasteiger partial charge in [0.25, 0.3) is 17.4 Å². The number of nitro benzene ring substituents is 1. The van der Waals surface area contributed by atoms with E-state index in [2.05, 4.69) is 4.90 Å². The molecule has 32 heavy (non-hydrogen) atoms. The number of likely N-dealkylation sites (N-methyl/N-ethyl adjacent to an activating group) is 1. The zero-order valence-electron chi connectivity index (χ0n) is 18.4. The van der Waals surface area contributed by atoms with Crippen molar-refractivity contribution < 1.29 is 19.6 Å². The predicted octanol–water partition coefficient (Wildman–Crippen LogP) is 3.67. The van der Waals surface area contributed by atoms with Crippen LogP contribution in [0.5, 0.6) is 0 Å². The van der Waals surface area contributed by atoms with Gasteiger partial charge in [0.15, 0.2) is 0 Å². The molecule has 0 spiro atoms. The zero-order chi connectivity index (χ0) is 23.4. The van der Waals surface area contributed by atoms with Gasteiger partial charge >= 0.3 is 0 Å². The molecule has 1 heterocycles. The molecule has 0 aliphatic carbocycles. The molecule has 2 aromatic rings. The number of rotatable bonds is 8. The molecule has 1 aliphatic heterocycles. The molecule has 1 saturated heterocycles. The van der Waals surface area contributed by atoms with Gasteiger partial charge < -0.3 is 14.9 Å². The lowest BCUT2D eigenvalue weighted by Gasteiger charge is -2.28. The van der Waals surface area contributed by atoms with Crippen LogP contribution in [0.15, 0.2) is 54.1 Å². The molecular weight excluding hydrogens is 410 g/mol. The highest BCUT2D eigenvalue weighted by Crippen LogP contribution is 2.42. The minimum absolute atomic E-state index is 0.132. The Labute approximate surface area is 186 Å². The number of nitrogens with zero attached hydrogens (tertiary/aromatic N) is 3. The molecule has 2 aromatic carbocycles. The van der Waals surface area contributed by atoms with Gasteiger partial charge in [0.05, 0.1) is 22.1 Å². The summed E-state index contributed by atoms with van der Waals surface area (Å²) in [6.45, 7) is 8.11. The van der Waals surface area contributed by atoms with E-state index >= 15 is 0 Å². The quantitative estimate of drug-likeness (QED) is 0.222. The number of hydrogen-bond donors (Lipinski definition) is 1. The maximum Gasteiger partial charge on any atom is 0.295 e.